The molecule has 6 aromatic carbocycles. The van der Waals surface area contributed by atoms with Crippen molar-refractivity contribution in [3.8, 4) is 22.3 Å². The summed E-state index contributed by atoms with van der Waals surface area (Å²) in [5, 5.41) is 6.07. The molecule has 7 aromatic rings. The Morgan fingerprint density at radius 2 is 1.20 bits per heavy atom. The molecule has 0 saturated carbocycles. The first-order valence-corrected chi connectivity index (χ1v) is 15.9. The highest BCUT2D eigenvalue weighted by Crippen LogP contribution is 2.48. The van der Waals surface area contributed by atoms with E-state index in [1.807, 2.05) is 30.3 Å². The van der Waals surface area contributed by atoms with Gasteiger partial charge in [0.1, 0.15) is 23.2 Å². The second-order valence-electron chi connectivity index (χ2n) is 12.2. The van der Waals surface area contributed by atoms with Gasteiger partial charge in [-0.1, -0.05) is 140 Å². The number of furan rings is 1. The summed E-state index contributed by atoms with van der Waals surface area (Å²) >= 11 is 0. The lowest BCUT2D eigenvalue weighted by Crippen LogP contribution is -2.44. The molecule has 2 aliphatic rings. The van der Waals surface area contributed by atoms with E-state index in [-0.39, 0.29) is 18.0 Å². The predicted molar refractivity (Wildman–Crippen MR) is 189 cm³/mol. The van der Waals surface area contributed by atoms with Gasteiger partial charge in [0.05, 0.1) is 0 Å². The maximum absolute atomic E-state index is 6.40. The minimum atomic E-state index is -0.213. The molecule has 1 aromatic heterocycles. The van der Waals surface area contributed by atoms with Crippen LogP contribution >= 0.6 is 0 Å². The van der Waals surface area contributed by atoms with E-state index in [4.69, 9.17) is 14.4 Å². The Kier molecular flexibility index (Phi) is 6.20. The van der Waals surface area contributed by atoms with Crippen molar-refractivity contribution in [3.05, 3.63) is 168 Å². The highest BCUT2D eigenvalue weighted by Gasteiger charge is 2.38. The third-order valence-corrected chi connectivity index (χ3v) is 9.59. The van der Waals surface area contributed by atoms with Crippen LogP contribution in [0.3, 0.4) is 0 Å². The summed E-state index contributed by atoms with van der Waals surface area (Å²) in [5.41, 5.74) is 11.2. The molecule has 0 radical (unpaired) electrons. The lowest BCUT2D eigenvalue weighted by atomic mass is 9.71. The number of fused-ring (bicyclic) bond motifs is 6. The molecule has 4 heteroatoms. The van der Waals surface area contributed by atoms with E-state index in [2.05, 4.69) is 128 Å². The minimum Gasteiger partial charge on any atom is -0.455 e. The van der Waals surface area contributed by atoms with Crippen LogP contribution in [-0.2, 0) is 0 Å². The van der Waals surface area contributed by atoms with E-state index in [1.165, 1.54) is 22.3 Å². The molecule has 0 spiro atoms. The number of benzene rings is 6. The van der Waals surface area contributed by atoms with Gasteiger partial charge in [0, 0.05) is 33.4 Å². The number of nitrogens with one attached hydrogen (secondary N) is 1. The maximum atomic E-state index is 6.40. The SMILES string of the molecule is CC1c2ccccc2-c2ccccc2C1[C@H]1N=C(c2ccccc2)N=C(c2cccc(-c3cccc4c3oc3ccccc34)c2)N1. The summed E-state index contributed by atoms with van der Waals surface area (Å²) in [6.07, 6.45) is -0.213. The fraction of sp³-hybridized carbons (Fsp3) is 0.0952. The van der Waals surface area contributed by atoms with Gasteiger partial charge in [-0.25, -0.2) is 9.98 Å². The first-order valence-electron chi connectivity index (χ1n) is 15.9. The van der Waals surface area contributed by atoms with Crippen LogP contribution in [0.2, 0.25) is 0 Å². The monoisotopic (exact) mass is 593 g/mol. The normalized spacial score (nSPS) is 18.8. The number of aliphatic imine (C=N–C) groups is 2. The van der Waals surface area contributed by atoms with Crippen molar-refractivity contribution in [2.45, 2.75) is 24.9 Å². The predicted octanol–water partition coefficient (Wildman–Crippen LogP) is 9.94. The highest BCUT2D eigenvalue weighted by molar-refractivity contribution is 6.14. The zero-order valence-corrected chi connectivity index (χ0v) is 25.4. The minimum absolute atomic E-state index is 0.114. The average Bonchev–Trinajstić information content (AvgIpc) is 3.51. The summed E-state index contributed by atoms with van der Waals surface area (Å²) in [6.45, 7) is 2.33. The average molecular weight is 594 g/mol. The first-order chi connectivity index (χ1) is 22.7. The van der Waals surface area contributed by atoms with Crippen molar-refractivity contribution in [3.63, 3.8) is 0 Å². The van der Waals surface area contributed by atoms with Crippen LogP contribution in [0, 0.1) is 0 Å². The van der Waals surface area contributed by atoms with Crippen molar-refractivity contribution in [2.24, 2.45) is 9.98 Å². The van der Waals surface area contributed by atoms with Crippen molar-refractivity contribution < 1.29 is 4.42 Å². The molecular formula is C42H31N3O. The molecule has 0 bridgehead atoms. The number of rotatable bonds is 4. The second kappa shape index (κ2) is 10.7. The van der Waals surface area contributed by atoms with Gasteiger partial charge in [0.2, 0.25) is 0 Å². The zero-order chi connectivity index (χ0) is 30.6. The van der Waals surface area contributed by atoms with Crippen LogP contribution in [0.1, 0.15) is 41.0 Å². The van der Waals surface area contributed by atoms with Crippen LogP contribution in [0.25, 0.3) is 44.2 Å². The van der Waals surface area contributed by atoms with Gasteiger partial charge < -0.3 is 9.73 Å². The molecule has 2 heterocycles. The van der Waals surface area contributed by atoms with Gasteiger partial charge in [0.25, 0.3) is 0 Å². The molecule has 9 rings (SSSR count). The van der Waals surface area contributed by atoms with Crippen molar-refractivity contribution in [1.82, 2.24) is 5.32 Å². The molecule has 46 heavy (non-hydrogen) atoms. The Hall–Kier alpha value is -5.74. The first kappa shape index (κ1) is 26.6. The lowest BCUT2D eigenvalue weighted by Gasteiger charge is -2.38. The van der Waals surface area contributed by atoms with Crippen LogP contribution in [0.4, 0.5) is 0 Å². The maximum Gasteiger partial charge on any atom is 0.159 e. The Bertz CT molecular complexity index is 2330. The summed E-state index contributed by atoms with van der Waals surface area (Å²) < 4.78 is 6.40. The van der Waals surface area contributed by atoms with E-state index in [1.54, 1.807) is 0 Å². The third kappa shape index (κ3) is 4.29. The molecule has 4 nitrogen and oxygen atoms in total. The van der Waals surface area contributed by atoms with Gasteiger partial charge in [-0.15, -0.1) is 0 Å². The molecule has 1 aliphatic heterocycles. The van der Waals surface area contributed by atoms with Gasteiger partial charge in [-0.05, 0) is 45.9 Å². The Balaban J connectivity index is 1.17. The van der Waals surface area contributed by atoms with Gasteiger partial charge >= 0.3 is 0 Å². The number of nitrogens with zero attached hydrogens (tertiary/aromatic N) is 2. The lowest BCUT2D eigenvalue weighted by molar-refractivity contribution is 0.443. The quantitative estimate of drug-likeness (QED) is 0.221. The smallest absolute Gasteiger partial charge is 0.159 e. The number of para-hydroxylation sites is 2. The van der Waals surface area contributed by atoms with Crippen molar-refractivity contribution >= 4 is 33.6 Å². The third-order valence-electron chi connectivity index (χ3n) is 9.59. The summed E-state index contributed by atoms with van der Waals surface area (Å²) in [7, 11) is 0. The van der Waals surface area contributed by atoms with E-state index < -0.39 is 0 Å². The molecule has 3 atom stereocenters. The molecule has 1 aliphatic carbocycles. The molecule has 2 unspecified atom stereocenters. The highest BCUT2D eigenvalue weighted by atomic mass is 16.3. The summed E-state index contributed by atoms with van der Waals surface area (Å²) in [6, 6.07) is 51.1. The van der Waals surface area contributed by atoms with Crippen molar-refractivity contribution in [1.29, 1.82) is 0 Å². The Labute approximate surface area is 267 Å². The van der Waals surface area contributed by atoms with Crippen LogP contribution in [-0.4, -0.2) is 17.8 Å². The second-order valence-corrected chi connectivity index (χ2v) is 12.2. The van der Waals surface area contributed by atoms with Crippen LogP contribution in [0.15, 0.2) is 160 Å². The topological polar surface area (TPSA) is 49.9 Å². The van der Waals surface area contributed by atoms with E-state index in [0.29, 0.717) is 0 Å². The summed E-state index contributed by atoms with van der Waals surface area (Å²) in [4.78, 5) is 10.5. The molecule has 220 valence electrons. The molecule has 1 N–H and O–H groups in total. The van der Waals surface area contributed by atoms with Crippen LogP contribution < -0.4 is 5.32 Å². The molecule has 0 amide bonds. The van der Waals surface area contributed by atoms with E-state index >= 15 is 0 Å². The molecular weight excluding hydrogens is 562 g/mol. The summed E-state index contributed by atoms with van der Waals surface area (Å²) in [5.74, 6) is 1.93. The standard InChI is InChI=1S/C42H31N3O/c1-26-30-17-5-6-18-32(30)33-19-7-8-21-35(33)38(26)42-44-40(27-13-3-2-4-14-27)43-41(45-42)29-16-11-15-28(25-29)31-22-12-23-36-34-20-9-10-24-37(34)46-39(31)36/h2-26,38,42H,1H3,(H,43,44,45)/t26?,38?,42-/m0/s1. The zero-order valence-electron chi connectivity index (χ0n) is 25.4. The number of hydrogen-bond donors (Lipinski definition) is 1. The fourth-order valence-corrected chi connectivity index (χ4v) is 7.40. The van der Waals surface area contributed by atoms with E-state index in [9.17, 15) is 0 Å². The number of hydrogen-bond acceptors (Lipinski definition) is 4. The number of amidine groups is 2. The van der Waals surface area contributed by atoms with E-state index in [0.717, 1.165) is 55.9 Å². The Morgan fingerprint density at radius 3 is 2.07 bits per heavy atom. The van der Waals surface area contributed by atoms with Gasteiger partial charge in [0.15, 0.2) is 5.84 Å². The van der Waals surface area contributed by atoms with Crippen LogP contribution in [0.5, 0.6) is 0 Å². The molecule has 0 saturated heterocycles. The molecule has 0 fully saturated rings. The van der Waals surface area contributed by atoms with Gasteiger partial charge in [-0.2, -0.15) is 0 Å². The fourth-order valence-electron chi connectivity index (χ4n) is 7.40. The van der Waals surface area contributed by atoms with Gasteiger partial charge in [-0.3, -0.25) is 0 Å². The Morgan fingerprint density at radius 1 is 0.565 bits per heavy atom. The van der Waals surface area contributed by atoms with Crippen molar-refractivity contribution in [2.75, 3.05) is 0 Å². The largest absolute Gasteiger partial charge is 0.455 e.